The predicted octanol–water partition coefficient (Wildman–Crippen LogP) is 4.13. The average molecular weight is 358 g/mol. The Bertz CT molecular complexity index is 844. The highest BCUT2D eigenvalue weighted by Crippen LogP contribution is 2.39. The van der Waals surface area contributed by atoms with Gasteiger partial charge in [0.15, 0.2) is 0 Å². The van der Waals surface area contributed by atoms with Crippen molar-refractivity contribution in [3.8, 4) is 0 Å². The highest BCUT2D eigenvalue weighted by molar-refractivity contribution is 7.10. The van der Waals surface area contributed by atoms with E-state index in [1.54, 1.807) is 22.7 Å². The zero-order chi connectivity index (χ0) is 16.7. The number of thiophene rings is 2. The van der Waals surface area contributed by atoms with Crippen LogP contribution in [0.2, 0.25) is 0 Å². The van der Waals surface area contributed by atoms with E-state index in [4.69, 9.17) is 4.52 Å². The van der Waals surface area contributed by atoms with E-state index in [9.17, 15) is 4.79 Å². The number of aryl methyl sites for hydroxylation is 2. The number of carbonyl (C=O) groups is 1. The van der Waals surface area contributed by atoms with Gasteiger partial charge < -0.3 is 9.42 Å². The third-order valence-corrected chi connectivity index (χ3v) is 6.53. The monoisotopic (exact) mass is 358 g/mol. The van der Waals surface area contributed by atoms with Crippen LogP contribution in [-0.2, 0) is 17.6 Å². The first kappa shape index (κ1) is 15.6. The minimum absolute atomic E-state index is 0.0352. The fourth-order valence-electron chi connectivity index (χ4n) is 3.35. The van der Waals surface area contributed by atoms with Crippen molar-refractivity contribution >= 4 is 28.6 Å². The first-order valence-corrected chi connectivity index (χ1v) is 9.72. The summed E-state index contributed by atoms with van der Waals surface area (Å²) in [5.41, 5.74) is 3.00. The van der Waals surface area contributed by atoms with Gasteiger partial charge in [-0.05, 0) is 48.7 Å². The number of nitrogens with zero attached hydrogens (tertiary/aromatic N) is 2. The van der Waals surface area contributed by atoms with E-state index < -0.39 is 0 Å². The summed E-state index contributed by atoms with van der Waals surface area (Å²) in [6, 6.07) is 6.38. The van der Waals surface area contributed by atoms with Gasteiger partial charge in [0.05, 0.1) is 18.2 Å². The molecule has 0 unspecified atom stereocenters. The van der Waals surface area contributed by atoms with E-state index >= 15 is 0 Å². The Morgan fingerprint density at radius 2 is 2.21 bits per heavy atom. The van der Waals surface area contributed by atoms with Crippen LogP contribution in [-0.4, -0.2) is 22.5 Å². The highest BCUT2D eigenvalue weighted by atomic mass is 32.1. The molecular formula is C18H18N2O2S2. The first-order valence-electron chi connectivity index (χ1n) is 7.96. The molecule has 3 aromatic heterocycles. The third-order valence-electron chi connectivity index (χ3n) is 4.61. The third kappa shape index (κ3) is 2.59. The minimum Gasteiger partial charge on any atom is -0.361 e. The van der Waals surface area contributed by atoms with Gasteiger partial charge >= 0.3 is 0 Å². The second-order valence-electron chi connectivity index (χ2n) is 6.03. The molecule has 124 valence electrons. The summed E-state index contributed by atoms with van der Waals surface area (Å²) in [4.78, 5) is 17.7. The smallest absolute Gasteiger partial charge is 0.228 e. The Morgan fingerprint density at radius 3 is 2.92 bits per heavy atom. The first-order chi connectivity index (χ1) is 11.6. The van der Waals surface area contributed by atoms with E-state index in [1.807, 2.05) is 18.7 Å². The molecule has 4 nitrogen and oxygen atoms in total. The molecular weight excluding hydrogens is 340 g/mol. The van der Waals surface area contributed by atoms with E-state index in [-0.39, 0.29) is 11.9 Å². The van der Waals surface area contributed by atoms with Gasteiger partial charge in [0, 0.05) is 21.9 Å². The molecule has 0 bridgehead atoms. The van der Waals surface area contributed by atoms with Gasteiger partial charge in [-0.3, -0.25) is 4.79 Å². The van der Waals surface area contributed by atoms with Crippen LogP contribution in [0.25, 0.3) is 0 Å². The lowest BCUT2D eigenvalue weighted by molar-refractivity contribution is -0.132. The van der Waals surface area contributed by atoms with Crippen molar-refractivity contribution < 1.29 is 9.32 Å². The van der Waals surface area contributed by atoms with Crippen molar-refractivity contribution in [2.24, 2.45) is 0 Å². The summed E-state index contributed by atoms with van der Waals surface area (Å²) in [7, 11) is 0. The molecule has 0 spiro atoms. The van der Waals surface area contributed by atoms with Crippen molar-refractivity contribution in [2.45, 2.75) is 32.7 Å². The van der Waals surface area contributed by atoms with E-state index in [0.29, 0.717) is 6.42 Å². The Kier molecular flexibility index (Phi) is 4.02. The van der Waals surface area contributed by atoms with E-state index in [0.717, 1.165) is 30.0 Å². The van der Waals surface area contributed by atoms with Gasteiger partial charge in [-0.1, -0.05) is 11.2 Å². The Morgan fingerprint density at radius 1 is 1.33 bits per heavy atom. The SMILES string of the molecule is Cc1noc(C)c1CC(=O)N1CCc2sccc2[C@H]1c1cccs1. The zero-order valence-corrected chi connectivity index (χ0v) is 15.2. The molecule has 4 rings (SSSR count). The molecule has 1 aliphatic heterocycles. The maximum absolute atomic E-state index is 13.1. The molecule has 0 aromatic carbocycles. The van der Waals surface area contributed by atoms with Crippen LogP contribution in [0, 0.1) is 13.8 Å². The number of rotatable bonds is 3. The van der Waals surface area contributed by atoms with Crippen LogP contribution >= 0.6 is 22.7 Å². The van der Waals surface area contributed by atoms with Crippen molar-refractivity contribution in [3.63, 3.8) is 0 Å². The lowest BCUT2D eigenvalue weighted by atomic mass is 9.97. The van der Waals surface area contributed by atoms with Crippen molar-refractivity contribution in [2.75, 3.05) is 6.54 Å². The molecule has 0 aliphatic carbocycles. The van der Waals surface area contributed by atoms with Gasteiger partial charge in [0.1, 0.15) is 5.76 Å². The second-order valence-corrected chi connectivity index (χ2v) is 8.01. The van der Waals surface area contributed by atoms with Crippen LogP contribution in [0.1, 0.15) is 38.4 Å². The predicted molar refractivity (Wildman–Crippen MR) is 95.6 cm³/mol. The van der Waals surface area contributed by atoms with Crippen LogP contribution in [0.3, 0.4) is 0 Å². The van der Waals surface area contributed by atoms with E-state index in [2.05, 4.69) is 34.1 Å². The van der Waals surface area contributed by atoms with Crippen molar-refractivity contribution in [1.29, 1.82) is 0 Å². The molecule has 1 aliphatic rings. The summed E-state index contributed by atoms with van der Waals surface area (Å²) < 4.78 is 5.21. The zero-order valence-electron chi connectivity index (χ0n) is 13.6. The topological polar surface area (TPSA) is 46.3 Å². The number of aromatic nitrogens is 1. The Hall–Kier alpha value is -1.92. The summed E-state index contributed by atoms with van der Waals surface area (Å²) in [5.74, 6) is 0.876. The van der Waals surface area contributed by atoms with Crippen LogP contribution < -0.4 is 0 Å². The molecule has 0 N–H and O–H groups in total. The second kappa shape index (κ2) is 6.18. The lowest BCUT2D eigenvalue weighted by Gasteiger charge is -2.35. The summed E-state index contributed by atoms with van der Waals surface area (Å²) in [5, 5.41) is 8.18. The van der Waals surface area contributed by atoms with Crippen LogP contribution in [0.15, 0.2) is 33.5 Å². The fraction of sp³-hybridized carbons (Fsp3) is 0.333. The minimum atomic E-state index is 0.0352. The molecule has 24 heavy (non-hydrogen) atoms. The fourth-order valence-corrected chi connectivity index (χ4v) is 5.10. The molecule has 0 saturated carbocycles. The standard InChI is InChI=1S/C18H18N2O2S2/c1-11-14(12(2)22-19-11)10-17(21)20-7-5-15-13(6-9-24-15)18(20)16-4-3-8-23-16/h3-4,6,8-9,18H,5,7,10H2,1-2H3/t18-/m0/s1. The number of carbonyl (C=O) groups excluding carboxylic acids is 1. The van der Waals surface area contributed by atoms with E-state index in [1.165, 1.54) is 15.3 Å². The largest absolute Gasteiger partial charge is 0.361 e. The van der Waals surface area contributed by atoms with Crippen molar-refractivity contribution in [3.05, 3.63) is 61.3 Å². The maximum Gasteiger partial charge on any atom is 0.228 e. The number of hydrogen-bond donors (Lipinski definition) is 0. The molecule has 1 atom stereocenters. The quantitative estimate of drug-likeness (QED) is 0.707. The lowest BCUT2D eigenvalue weighted by Crippen LogP contribution is -2.40. The van der Waals surface area contributed by atoms with Crippen molar-refractivity contribution in [1.82, 2.24) is 10.1 Å². The van der Waals surface area contributed by atoms with Gasteiger partial charge in [-0.2, -0.15) is 0 Å². The van der Waals surface area contributed by atoms with Gasteiger partial charge in [-0.25, -0.2) is 0 Å². The molecule has 3 aromatic rings. The van der Waals surface area contributed by atoms with Gasteiger partial charge in [0.2, 0.25) is 5.91 Å². The molecule has 4 heterocycles. The summed E-state index contributed by atoms with van der Waals surface area (Å²) in [6.45, 7) is 4.52. The van der Waals surface area contributed by atoms with Crippen LogP contribution in [0.4, 0.5) is 0 Å². The van der Waals surface area contributed by atoms with Gasteiger partial charge in [-0.15, -0.1) is 22.7 Å². The number of amides is 1. The Balaban J connectivity index is 1.67. The molecule has 0 saturated heterocycles. The summed E-state index contributed by atoms with van der Waals surface area (Å²) in [6.07, 6.45) is 1.28. The number of hydrogen-bond acceptors (Lipinski definition) is 5. The molecule has 0 radical (unpaired) electrons. The average Bonchev–Trinajstić information content (AvgIpc) is 3.31. The molecule has 6 heteroatoms. The molecule has 1 amide bonds. The Labute approximate surface area is 148 Å². The molecule has 0 fully saturated rings. The number of fused-ring (bicyclic) bond motifs is 1. The summed E-state index contributed by atoms with van der Waals surface area (Å²) >= 11 is 3.50. The normalized spacial score (nSPS) is 17.1. The van der Waals surface area contributed by atoms with Crippen LogP contribution in [0.5, 0.6) is 0 Å². The highest BCUT2D eigenvalue weighted by Gasteiger charge is 2.33. The van der Waals surface area contributed by atoms with Gasteiger partial charge in [0.25, 0.3) is 0 Å². The maximum atomic E-state index is 13.1.